The zero-order valence-electron chi connectivity index (χ0n) is 11.9. The molecule has 1 rings (SSSR count). The van der Waals surface area contributed by atoms with Crippen LogP contribution in [-0.4, -0.2) is 0 Å². The molecule has 19 heavy (non-hydrogen) atoms. The van der Waals surface area contributed by atoms with Crippen LogP contribution in [-0.2, 0) is 12.6 Å². The third-order valence-corrected chi connectivity index (χ3v) is 2.72. The Hall–Kier alpha value is -1.06. The Bertz CT molecular complexity index is 369. The lowest BCUT2D eigenvalue weighted by atomic mass is 9.95. The van der Waals surface area contributed by atoms with Crippen molar-refractivity contribution in [3.05, 3.63) is 35.1 Å². The summed E-state index contributed by atoms with van der Waals surface area (Å²) in [5.41, 5.74) is -0.627. The van der Waals surface area contributed by atoms with E-state index in [1.807, 2.05) is 27.7 Å². The first-order valence-electron chi connectivity index (χ1n) is 6.70. The van der Waals surface area contributed by atoms with Crippen molar-refractivity contribution in [1.82, 2.24) is 0 Å². The maximum absolute atomic E-state index is 13.4. The standard InChI is InChI=1S/C13H16F4.C2H6/c1-3-4-9(2)7-10-8-11(13(15,16)17)5-6-12(10)14;1-2/h5-6,8-9H,3-4,7H2,1-2H3;1-2H3. The molecule has 0 fully saturated rings. The highest BCUT2D eigenvalue weighted by Crippen LogP contribution is 2.31. The van der Waals surface area contributed by atoms with Crippen LogP contribution in [0.15, 0.2) is 18.2 Å². The largest absolute Gasteiger partial charge is 0.416 e. The summed E-state index contributed by atoms with van der Waals surface area (Å²) < 4.78 is 50.8. The minimum absolute atomic E-state index is 0.153. The average Bonchev–Trinajstić information content (AvgIpc) is 2.33. The van der Waals surface area contributed by atoms with E-state index in [0.717, 1.165) is 31.0 Å². The van der Waals surface area contributed by atoms with Crippen molar-refractivity contribution < 1.29 is 17.6 Å². The number of hydrogen-bond acceptors (Lipinski definition) is 0. The van der Waals surface area contributed by atoms with Gasteiger partial charge in [-0.3, -0.25) is 0 Å². The molecule has 0 radical (unpaired) electrons. The molecule has 0 spiro atoms. The Kier molecular flexibility index (Phi) is 7.72. The number of rotatable bonds is 4. The normalized spacial score (nSPS) is 12.6. The van der Waals surface area contributed by atoms with Gasteiger partial charge in [-0.15, -0.1) is 0 Å². The second-order valence-corrected chi connectivity index (χ2v) is 4.40. The Morgan fingerprint density at radius 2 is 1.74 bits per heavy atom. The third kappa shape index (κ3) is 6.08. The molecule has 0 amide bonds. The van der Waals surface area contributed by atoms with E-state index < -0.39 is 17.6 Å². The minimum atomic E-state index is -4.41. The second-order valence-electron chi connectivity index (χ2n) is 4.40. The molecule has 1 aromatic carbocycles. The highest BCUT2D eigenvalue weighted by Gasteiger charge is 2.31. The molecule has 0 saturated heterocycles. The Balaban J connectivity index is 0.00000154. The quantitative estimate of drug-likeness (QED) is 0.606. The maximum atomic E-state index is 13.4. The smallest absolute Gasteiger partial charge is 0.207 e. The van der Waals surface area contributed by atoms with Crippen LogP contribution in [0, 0.1) is 11.7 Å². The SMILES string of the molecule is CC.CCCC(C)Cc1cc(C(F)(F)F)ccc1F. The van der Waals surface area contributed by atoms with Crippen molar-refractivity contribution >= 4 is 0 Å². The first kappa shape index (κ1) is 17.9. The molecule has 110 valence electrons. The molecule has 1 atom stereocenters. The van der Waals surface area contributed by atoms with Crippen molar-refractivity contribution in [3.63, 3.8) is 0 Å². The van der Waals surface area contributed by atoms with E-state index in [4.69, 9.17) is 0 Å². The highest BCUT2D eigenvalue weighted by atomic mass is 19.4. The van der Waals surface area contributed by atoms with Gasteiger partial charge in [-0.1, -0.05) is 40.5 Å². The lowest BCUT2D eigenvalue weighted by Gasteiger charge is -2.13. The van der Waals surface area contributed by atoms with Gasteiger partial charge in [0.2, 0.25) is 0 Å². The molecule has 0 aliphatic carbocycles. The number of hydrogen-bond donors (Lipinski definition) is 0. The fourth-order valence-corrected chi connectivity index (χ4v) is 1.88. The van der Waals surface area contributed by atoms with Gasteiger partial charge in [0.15, 0.2) is 0 Å². The van der Waals surface area contributed by atoms with Crippen LogP contribution in [0.25, 0.3) is 0 Å². The summed E-state index contributed by atoms with van der Waals surface area (Å²) in [6.07, 6.45) is -2.22. The lowest BCUT2D eigenvalue weighted by molar-refractivity contribution is -0.137. The number of halogens is 4. The molecular formula is C15H22F4. The Morgan fingerprint density at radius 1 is 1.16 bits per heavy atom. The highest BCUT2D eigenvalue weighted by molar-refractivity contribution is 5.27. The molecule has 0 aliphatic heterocycles. The van der Waals surface area contributed by atoms with Gasteiger partial charge in [-0.25, -0.2) is 4.39 Å². The fraction of sp³-hybridized carbons (Fsp3) is 0.600. The van der Waals surface area contributed by atoms with E-state index in [1.165, 1.54) is 0 Å². The first-order chi connectivity index (χ1) is 8.84. The van der Waals surface area contributed by atoms with E-state index in [-0.39, 0.29) is 11.5 Å². The van der Waals surface area contributed by atoms with Crippen LogP contribution in [0.2, 0.25) is 0 Å². The van der Waals surface area contributed by atoms with E-state index in [0.29, 0.717) is 6.42 Å². The van der Waals surface area contributed by atoms with Gasteiger partial charge in [0.05, 0.1) is 5.56 Å². The average molecular weight is 278 g/mol. The molecule has 0 aromatic heterocycles. The van der Waals surface area contributed by atoms with Gasteiger partial charge in [0.1, 0.15) is 5.82 Å². The zero-order valence-corrected chi connectivity index (χ0v) is 11.9. The van der Waals surface area contributed by atoms with E-state index in [1.54, 1.807) is 0 Å². The zero-order chi connectivity index (χ0) is 15.1. The summed E-state index contributed by atoms with van der Waals surface area (Å²) in [5.74, 6) is -0.362. The molecular weight excluding hydrogens is 256 g/mol. The van der Waals surface area contributed by atoms with Crippen LogP contribution < -0.4 is 0 Å². The summed E-state index contributed by atoms with van der Waals surface area (Å²) in [5, 5.41) is 0. The van der Waals surface area contributed by atoms with Crippen LogP contribution >= 0.6 is 0 Å². The molecule has 1 unspecified atom stereocenters. The molecule has 0 saturated carbocycles. The van der Waals surface area contributed by atoms with Gasteiger partial charge in [-0.05, 0) is 36.1 Å². The fourth-order valence-electron chi connectivity index (χ4n) is 1.88. The van der Waals surface area contributed by atoms with Crippen LogP contribution in [0.5, 0.6) is 0 Å². The van der Waals surface area contributed by atoms with Gasteiger partial charge < -0.3 is 0 Å². The van der Waals surface area contributed by atoms with Crippen molar-refractivity contribution in [2.24, 2.45) is 5.92 Å². The first-order valence-corrected chi connectivity index (χ1v) is 6.70. The molecule has 0 N–H and O–H groups in total. The number of alkyl halides is 3. The molecule has 4 heteroatoms. The third-order valence-electron chi connectivity index (χ3n) is 2.72. The number of benzene rings is 1. The summed E-state index contributed by atoms with van der Waals surface area (Å²) >= 11 is 0. The molecule has 1 aromatic rings. The van der Waals surface area contributed by atoms with Gasteiger partial charge in [0.25, 0.3) is 0 Å². The Morgan fingerprint density at radius 3 is 2.21 bits per heavy atom. The van der Waals surface area contributed by atoms with E-state index in [2.05, 4.69) is 0 Å². The van der Waals surface area contributed by atoms with Crippen molar-refractivity contribution in [3.8, 4) is 0 Å². The minimum Gasteiger partial charge on any atom is -0.207 e. The molecule has 0 nitrogen and oxygen atoms in total. The van der Waals surface area contributed by atoms with Crippen LogP contribution in [0.3, 0.4) is 0 Å². The molecule has 0 bridgehead atoms. The van der Waals surface area contributed by atoms with Gasteiger partial charge in [-0.2, -0.15) is 13.2 Å². The van der Waals surface area contributed by atoms with Gasteiger partial charge in [0, 0.05) is 0 Å². The predicted octanol–water partition coefficient (Wildman–Crippen LogP) is 5.85. The van der Waals surface area contributed by atoms with Crippen LogP contribution in [0.4, 0.5) is 17.6 Å². The predicted molar refractivity (Wildman–Crippen MR) is 70.5 cm³/mol. The van der Waals surface area contributed by atoms with E-state index in [9.17, 15) is 17.6 Å². The van der Waals surface area contributed by atoms with Gasteiger partial charge >= 0.3 is 6.18 Å². The molecule has 0 heterocycles. The summed E-state index contributed by atoms with van der Waals surface area (Å²) in [6.45, 7) is 7.92. The van der Waals surface area contributed by atoms with Crippen molar-refractivity contribution in [2.75, 3.05) is 0 Å². The lowest BCUT2D eigenvalue weighted by Crippen LogP contribution is -2.08. The maximum Gasteiger partial charge on any atom is 0.416 e. The van der Waals surface area contributed by atoms with E-state index >= 15 is 0 Å². The summed E-state index contributed by atoms with van der Waals surface area (Å²) in [4.78, 5) is 0. The molecule has 0 aliphatic rings. The monoisotopic (exact) mass is 278 g/mol. The van der Waals surface area contributed by atoms with Crippen molar-refractivity contribution in [2.45, 2.75) is 53.1 Å². The van der Waals surface area contributed by atoms with Crippen molar-refractivity contribution in [1.29, 1.82) is 0 Å². The Labute approximate surface area is 112 Å². The van der Waals surface area contributed by atoms with Crippen LogP contribution in [0.1, 0.15) is 51.7 Å². The summed E-state index contributed by atoms with van der Waals surface area (Å²) in [6, 6.07) is 2.60. The second kappa shape index (κ2) is 8.18. The summed E-state index contributed by atoms with van der Waals surface area (Å²) in [7, 11) is 0. The topological polar surface area (TPSA) is 0 Å².